The number of carboxylic acids is 1. The van der Waals surface area contributed by atoms with Crippen LogP contribution in [0.15, 0.2) is 42.5 Å². The number of ether oxygens (including phenoxy) is 1. The third-order valence-corrected chi connectivity index (χ3v) is 3.46. The van der Waals surface area contributed by atoms with Gasteiger partial charge in [-0.1, -0.05) is 42.5 Å². The maximum absolute atomic E-state index is 12.6. The monoisotopic (exact) mass is 315 g/mol. The van der Waals surface area contributed by atoms with Crippen LogP contribution in [0.5, 0.6) is 0 Å². The van der Waals surface area contributed by atoms with E-state index in [0.29, 0.717) is 5.56 Å². The first kappa shape index (κ1) is 17.0. The van der Waals surface area contributed by atoms with Crippen molar-refractivity contribution in [3.8, 4) is 0 Å². The molecular weight excluding hydrogens is 294 g/mol. The molecule has 122 valence electrons. The summed E-state index contributed by atoms with van der Waals surface area (Å²) in [6.07, 6.45) is 0. The van der Waals surface area contributed by atoms with Crippen molar-refractivity contribution in [1.82, 2.24) is 0 Å². The average molecular weight is 315 g/mol. The van der Waals surface area contributed by atoms with Crippen molar-refractivity contribution in [2.75, 3.05) is 0 Å². The molecule has 5 nitrogen and oxygen atoms in total. The first-order chi connectivity index (χ1) is 10.7. The van der Waals surface area contributed by atoms with Crippen LogP contribution in [0.4, 0.5) is 0 Å². The van der Waals surface area contributed by atoms with Gasteiger partial charge in [0.15, 0.2) is 0 Å². The molecule has 0 saturated carbocycles. The van der Waals surface area contributed by atoms with Crippen molar-refractivity contribution >= 4 is 22.7 Å². The number of esters is 1. The van der Waals surface area contributed by atoms with Gasteiger partial charge in [-0.3, -0.25) is 9.59 Å². The second kappa shape index (κ2) is 6.38. The number of carbonyl (C=O) groups excluding carboxylic acids is 1. The molecule has 3 N–H and O–H groups in total. The first-order valence-electron chi connectivity index (χ1n) is 7.39. The Morgan fingerprint density at radius 1 is 1.09 bits per heavy atom. The van der Waals surface area contributed by atoms with E-state index in [9.17, 15) is 14.7 Å². The Bertz CT molecular complexity index is 728. The van der Waals surface area contributed by atoms with Gasteiger partial charge in [0.1, 0.15) is 17.6 Å². The number of nitrogens with two attached hydrogens (primary N) is 1. The fourth-order valence-electron chi connectivity index (χ4n) is 2.50. The summed E-state index contributed by atoms with van der Waals surface area (Å²) in [4.78, 5) is 24.0. The van der Waals surface area contributed by atoms with Crippen molar-refractivity contribution in [3.63, 3.8) is 0 Å². The fourth-order valence-corrected chi connectivity index (χ4v) is 2.50. The summed E-state index contributed by atoms with van der Waals surface area (Å²) in [5, 5.41) is 11.0. The summed E-state index contributed by atoms with van der Waals surface area (Å²) in [7, 11) is 0. The Morgan fingerprint density at radius 3 is 2.30 bits per heavy atom. The van der Waals surface area contributed by atoms with Crippen LogP contribution in [0.25, 0.3) is 10.8 Å². The normalized spacial score (nSPS) is 14.3. The summed E-state index contributed by atoms with van der Waals surface area (Å²) in [5.41, 5.74) is 5.64. The van der Waals surface area contributed by atoms with Crippen molar-refractivity contribution in [2.45, 2.75) is 38.3 Å². The topological polar surface area (TPSA) is 89.6 Å². The highest BCUT2D eigenvalue weighted by molar-refractivity contribution is 5.94. The van der Waals surface area contributed by atoms with Gasteiger partial charge in [-0.05, 0) is 37.1 Å². The van der Waals surface area contributed by atoms with Gasteiger partial charge in [-0.2, -0.15) is 0 Å². The summed E-state index contributed by atoms with van der Waals surface area (Å²) in [6.45, 7) is 5.20. The van der Waals surface area contributed by atoms with Crippen LogP contribution in [-0.4, -0.2) is 28.7 Å². The molecule has 2 rings (SSSR count). The Hall–Kier alpha value is -2.40. The Balaban J connectivity index is 2.56. The second-order valence-electron chi connectivity index (χ2n) is 6.44. The van der Waals surface area contributed by atoms with Gasteiger partial charge in [0.05, 0.1) is 0 Å². The molecule has 0 saturated heterocycles. The van der Waals surface area contributed by atoms with E-state index in [0.717, 1.165) is 10.8 Å². The molecular formula is C18H21NO4. The minimum Gasteiger partial charge on any atom is -0.480 e. The molecule has 0 aliphatic carbocycles. The predicted octanol–water partition coefficient (Wildman–Crippen LogP) is 2.68. The molecule has 2 atom stereocenters. The van der Waals surface area contributed by atoms with Crippen molar-refractivity contribution in [3.05, 3.63) is 48.0 Å². The quantitative estimate of drug-likeness (QED) is 0.847. The van der Waals surface area contributed by atoms with Crippen LogP contribution < -0.4 is 5.73 Å². The van der Waals surface area contributed by atoms with Crippen molar-refractivity contribution in [2.24, 2.45) is 5.73 Å². The number of fused-ring (bicyclic) bond motifs is 1. The van der Waals surface area contributed by atoms with Crippen LogP contribution in [0, 0.1) is 0 Å². The van der Waals surface area contributed by atoms with Crippen LogP contribution in [0.1, 0.15) is 32.3 Å². The number of hydrogen-bond donors (Lipinski definition) is 2. The highest BCUT2D eigenvalue weighted by Gasteiger charge is 2.36. The number of benzene rings is 2. The van der Waals surface area contributed by atoms with E-state index in [1.807, 2.05) is 30.3 Å². The second-order valence-corrected chi connectivity index (χ2v) is 6.44. The van der Waals surface area contributed by atoms with E-state index < -0.39 is 29.5 Å². The van der Waals surface area contributed by atoms with Crippen LogP contribution in [0.3, 0.4) is 0 Å². The molecule has 2 aromatic rings. The molecule has 0 heterocycles. The summed E-state index contributed by atoms with van der Waals surface area (Å²) in [5.74, 6) is -2.95. The minimum atomic E-state index is -1.38. The number of aliphatic carboxylic acids is 1. The van der Waals surface area contributed by atoms with Gasteiger partial charge in [-0.25, -0.2) is 0 Å². The summed E-state index contributed by atoms with van der Waals surface area (Å²) in [6, 6.07) is 11.5. The molecule has 0 fully saturated rings. The van der Waals surface area contributed by atoms with E-state index in [1.54, 1.807) is 32.9 Å². The van der Waals surface area contributed by atoms with Gasteiger partial charge in [0, 0.05) is 0 Å². The zero-order chi connectivity index (χ0) is 17.2. The van der Waals surface area contributed by atoms with E-state index in [1.165, 1.54) is 0 Å². The van der Waals surface area contributed by atoms with Gasteiger partial charge in [0.2, 0.25) is 0 Å². The van der Waals surface area contributed by atoms with Crippen LogP contribution in [-0.2, 0) is 14.3 Å². The number of rotatable bonds is 4. The van der Waals surface area contributed by atoms with Gasteiger partial charge in [-0.15, -0.1) is 0 Å². The standard InChI is InChI=1S/C18H21NO4/c1-18(2,3)23-17(22)14(15(19)16(20)21)13-10-6-8-11-7-4-5-9-12(11)13/h4-10,14-15H,19H2,1-3H3,(H,20,21). The van der Waals surface area contributed by atoms with Crippen LogP contribution >= 0.6 is 0 Å². The first-order valence-corrected chi connectivity index (χ1v) is 7.39. The average Bonchev–Trinajstić information content (AvgIpc) is 2.45. The van der Waals surface area contributed by atoms with Crippen LogP contribution in [0.2, 0.25) is 0 Å². The third-order valence-electron chi connectivity index (χ3n) is 3.46. The molecule has 0 spiro atoms. The van der Waals surface area contributed by atoms with Gasteiger partial charge >= 0.3 is 11.9 Å². The SMILES string of the molecule is CC(C)(C)OC(=O)C(c1cccc2ccccc12)C(N)C(=O)O. The summed E-state index contributed by atoms with van der Waals surface area (Å²) < 4.78 is 5.39. The molecule has 0 bridgehead atoms. The molecule has 0 radical (unpaired) electrons. The van der Waals surface area contributed by atoms with E-state index >= 15 is 0 Å². The number of carbonyl (C=O) groups is 2. The molecule has 2 aromatic carbocycles. The largest absolute Gasteiger partial charge is 0.480 e. The minimum absolute atomic E-state index is 0.562. The molecule has 23 heavy (non-hydrogen) atoms. The zero-order valence-electron chi connectivity index (χ0n) is 13.4. The lowest BCUT2D eigenvalue weighted by Gasteiger charge is -2.26. The van der Waals surface area contributed by atoms with Crippen molar-refractivity contribution in [1.29, 1.82) is 0 Å². The third kappa shape index (κ3) is 3.87. The smallest absolute Gasteiger partial charge is 0.321 e. The maximum atomic E-state index is 12.6. The molecule has 0 amide bonds. The van der Waals surface area contributed by atoms with Gasteiger partial charge in [0.25, 0.3) is 0 Å². The molecule has 0 aliphatic heterocycles. The van der Waals surface area contributed by atoms with E-state index in [4.69, 9.17) is 10.5 Å². The van der Waals surface area contributed by atoms with Crippen molar-refractivity contribution < 1.29 is 19.4 Å². The van der Waals surface area contributed by atoms with Gasteiger partial charge < -0.3 is 15.6 Å². The molecule has 5 heteroatoms. The lowest BCUT2D eigenvalue weighted by molar-refractivity contribution is -0.160. The number of carboxylic acid groups (broad SMARTS) is 1. The Labute approximate surface area is 135 Å². The maximum Gasteiger partial charge on any atom is 0.321 e. The highest BCUT2D eigenvalue weighted by Crippen LogP contribution is 2.30. The lowest BCUT2D eigenvalue weighted by atomic mass is 9.88. The Kier molecular flexibility index (Phi) is 4.71. The fraction of sp³-hybridized carbons (Fsp3) is 0.333. The van der Waals surface area contributed by atoms with E-state index in [2.05, 4.69) is 0 Å². The number of hydrogen-bond acceptors (Lipinski definition) is 4. The highest BCUT2D eigenvalue weighted by atomic mass is 16.6. The predicted molar refractivity (Wildman–Crippen MR) is 88.1 cm³/mol. The molecule has 2 unspecified atom stereocenters. The molecule has 0 aliphatic rings. The van der Waals surface area contributed by atoms with E-state index in [-0.39, 0.29) is 0 Å². The Morgan fingerprint density at radius 2 is 1.70 bits per heavy atom. The summed E-state index contributed by atoms with van der Waals surface area (Å²) >= 11 is 0. The molecule has 0 aromatic heterocycles. The zero-order valence-corrected chi connectivity index (χ0v) is 13.4. The lowest BCUT2D eigenvalue weighted by Crippen LogP contribution is -2.42.